The van der Waals surface area contributed by atoms with Gasteiger partial charge < -0.3 is 4.42 Å². The van der Waals surface area contributed by atoms with Crippen LogP contribution in [0.5, 0.6) is 0 Å². The van der Waals surface area contributed by atoms with Crippen molar-refractivity contribution in [1.82, 2.24) is 0 Å². The zero-order valence-electron chi connectivity index (χ0n) is 12.9. The summed E-state index contributed by atoms with van der Waals surface area (Å²) >= 11 is 3.38. The minimum Gasteiger partial charge on any atom is -0.457 e. The van der Waals surface area contributed by atoms with Crippen LogP contribution in [0.3, 0.4) is 0 Å². The number of aromatic nitrogens is 1. The summed E-state index contributed by atoms with van der Waals surface area (Å²) in [6.45, 7) is 0. The fourth-order valence-corrected chi connectivity index (χ4v) is 2.33. The minimum absolute atomic E-state index is 0.159. The molecule has 5 nitrogen and oxygen atoms in total. The van der Waals surface area contributed by atoms with E-state index in [1.807, 2.05) is 30.3 Å². The summed E-state index contributed by atoms with van der Waals surface area (Å²) in [6.07, 6.45) is 4.48. The second-order valence-corrected chi connectivity index (χ2v) is 5.91. The summed E-state index contributed by atoms with van der Waals surface area (Å²) in [6, 6.07) is 18.1. The van der Waals surface area contributed by atoms with Gasteiger partial charge in [-0.25, -0.2) is 4.79 Å². The molecule has 0 spiro atoms. The molecule has 3 rings (SSSR count). The average molecular weight is 396 g/mol. The van der Waals surface area contributed by atoms with Crippen molar-refractivity contribution in [2.45, 2.75) is 0 Å². The normalized spacial score (nSPS) is 11.0. The molecule has 0 aliphatic heterocycles. The number of halogens is 1. The fourth-order valence-electron chi connectivity index (χ4n) is 2.07. The highest BCUT2D eigenvalue weighted by Crippen LogP contribution is 2.25. The summed E-state index contributed by atoms with van der Waals surface area (Å²) in [4.78, 5) is 17.2. The van der Waals surface area contributed by atoms with Gasteiger partial charge in [-0.15, -0.1) is 0 Å². The van der Waals surface area contributed by atoms with Gasteiger partial charge in [-0.2, -0.15) is 10.1 Å². The summed E-state index contributed by atoms with van der Waals surface area (Å²) in [5.74, 6) is 0.270. The Bertz CT molecular complexity index is 954. The van der Waals surface area contributed by atoms with Crippen LogP contribution in [0.1, 0.15) is 5.76 Å². The van der Waals surface area contributed by atoms with Crippen molar-refractivity contribution >= 4 is 28.0 Å². The molecule has 2 aromatic heterocycles. The molecule has 122 valence electrons. The summed E-state index contributed by atoms with van der Waals surface area (Å²) in [5, 5.41) is 9.21. The lowest BCUT2D eigenvalue weighted by Gasteiger charge is -1.97. The van der Waals surface area contributed by atoms with Crippen LogP contribution in [0, 0.1) is 11.3 Å². The number of rotatable bonds is 4. The van der Waals surface area contributed by atoms with Gasteiger partial charge in [-0.05, 0) is 24.3 Å². The fraction of sp³-hybridized carbons (Fsp3) is 0. The van der Waals surface area contributed by atoms with E-state index in [1.54, 1.807) is 42.7 Å². The molecule has 0 N–H and O–H groups in total. The number of hydrogen-bond donors (Lipinski definition) is 0. The monoisotopic (exact) mass is 395 g/mol. The number of carbonyl (C=O) groups is 1. The molecular formula is C19H12BrN2O3+. The van der Waals surface area contributed by atoms with E-state index in [0.29, 0.717) is 11.5 Å². The van der Waals surface area contributed by atoms with Crippen molar-refractivity contribution < 1.29 is 18.8 Å². The maximum Gasteiger partial charge on any atom is 0.421 e. The van der Waals surface area contributed by atoms with Crippen LogP contribution in [-0.4, -0.2) is 5.97 Å². The van der Waals surface area contributed by atoms with Crippen molar-refractivity contribution in [2.24, 2.45) is 0 Å². The van der Waals surface area contributed by atoms with Crippen molar-refractivity contribution in [3.8, 4) is 17.4 Å². The molecule has 0 atom stereocenters. The van der Waals surface area contributed by atoms with Crippen LogP contribution in [0.25, 0.3) is 17.4 Å². The van der Waals surface area contributed by atoms with E-state index in [-0.39, 0.29) is 5.57 Å². The molecule has 0 unspecified atom stereocenters. The van der Waals surface area contributed by atoms with Gasteiger partial charge in [0.25, 0.3) is 0 Å². The third kappa shape index (κ3) is 4.22. The van der Waals surface area contributed by atoms with E-state index in [9.17, 15) is 10.1 Å². The Morgan fingerprint density at radius 1 is 1.12 bits per heavy atom. The molecule has 0 amide bonds. The molecule has 0 fully saturated rings. The van der Waals surface area contributed by atoms with Crippen LogP contribution < -0.4 is 9.57 Å². The molecule has 2 heterocycles. The molecule has 0 aliphatic carbocycles. The quantitative estimate of drug-likeness (QED) is 0.384. The molecule has 6 heteroatoms. The van der Waals surface area contributed by atoms with Gasteiger partial charge in [-0.1, -0.05) is 34.1 Å². The van der Waals surface area contributed by atoms with E-state index >= 15 is 0 Å². The van der Waals surface area contributed by atoms with E-state index in [2.05, 4.69) is 15.9 Å². The summed E-state index contributed by atoms with van der Waals surface area (Å²) < 4.78 is 7.88. The minimum atomic E-state index is -0.764. The van der Waals surface area contributed by atoms with Crippen molar-refractivity contribution in [2.75, 3.05) is 0 Å². The largest absolute Gasteiger partial charge is 0.457 e. The summed E-state index contributed by atoms with van der Waals surface area (Å²) in [5.41, 5.74) is 0.733. The van der Waals surface area contributed by atoms with E-state index < -0.39 is 5.97 Å². The molecule has 0 saturated heterocycles. The Morgan fingerprint density at radius 3 is 2.52 bits per heavy atom. The SMILES string of the molecule is N#C/C(=C/c1ccc(-c2ccc(Br)cc2)o1)C(=O)O[n+]1ccccc1. The first-order chi connectivity index (χ1) is 12.2. The van der Waals surface area contributed by atoms with Gasteiger partial charge in [0, 0.05) is 33.0 Å². The molecule has 0 aliphatic rings. The second kappa shape index (κ2) is 7.60. The van der Waals surface area contributed by atoms with E-state index in [0.717, 1.165) is 10.0 Å². The third-order valence-corrected chi connectivity index (χ3v) is 3.79. The van der Waals surface area contributed by atoms with E-state index in [1.165, 1.54) is 10.8 Å². The summed E-state index contributed by atoms with van der Waals surface area (Å²) in [7, 11) is 0. The number of benzene rings is 1. The average Bonchev–Trinajstić information content (AvgIpc) is 3.09. The number of nitriles is 1. The molecule has 0 bridgehead atoms. The topological polar surface area (TPSA) is 67.1 Å². The van der Waals surface area contributed by atoms with Crippen molar-refractivity contribution in [3.05, 3.63) is 82.8 Å². The maximum absolute atomic E-state index is 12.1. The molecule has 0 radical (unpaired) electrons. The van der Waals surface area contributed by atoms with Gasteiger partial charge in [0.2, 0.25) is 12.4 Å². The molecule has 25 heavy (non-hydrogen) atoms. The predicted molar refractivity (Wildman–Crippen MR) is 93.7 cm³/mol. The maximum atomic E-state index is 12.1. The molecule has 3 aromatic rings. The lowest BCUT2D eigenvalue weighted by molar-refractivity contribution is -0.869. The van der Waals surface area contributed by atoms with Crippen LogP contribution in [0.15, 0.2) is 81.5 Å². The van der Waals surface area contributed by atoms with E-state index in [4.69, 9.17) is 9.25 Å². The van der Waals surface area contributed by atoms with Crippen LogP contribution in [0.2, 0.25) is 0 Å². The Kier molecular flexibility index (Phi) is 5.07. The van der Waals surface area contributed by atoms with Gasteiger partial charge in [0.1, 0.15) is 23.2 Å². The first kappa shape index (κ1) is 16.7. The zero-order chi connectivity index (χ0) is 17.6. The zero-order valence-corrected chi connectivity index (χ0v) is 14.5. The standard InChI is InChI=1S/C19H12BrN2O3/c20-16-6-4-14(5-7-16)18-9-8-17(24-18)12-15(13-21)19(23)25-22-10-2-1-3-11-22/h1-12H/q+1/b15-12-. The molecule has 1 aromatic carbocycles. The van der Waals surface area contributed by atoms with Gasteiger partial charge in [-0.3, -0.25) is 0 Å². The Morgan fingerprint density at radius 2 is 1.84 bits per heavy atom. The lowest BCUT2D eigenvalue weighted by atomic mass is 10.2. The van der Waals surface area contributed by atoms with Gasteiger partial charge in [0.15, 0.2) is 0 Å². The predicted octanol–water partition coefficient (Wildman–Crippen LogP) is 3.56. The van der Waals surface area contributed by atoms with Crippen molar-refractivity contribution in [3.63, 3.8) is 0 Å². The van der Waals surface area contributed by atoms with Crippen molar-refractivity contribution in [1.29, 1.82) is 5.26 Å². The second-order valence-electron chi connectivity index (χ2n) is 4.99. The Hall–Kier alpha value is -3.17. The lowest BCUT2D eigenvalue weighted by Crippen LogP contribution is -2.45. The number of furan rings is 1. The highest BCUT2D eigenvalue weighted by atomic mass is 79.9. The smallest absolute Gasteiger partial charge is 0.421 e. The highest BCUT2D eigenvalue weighted by molar-refractivity contribution is 9.10. The molecular weight excluding hydrogens is 384 g/mol. The number of carbonyl (C=O) groups excluding carboxylic acids is 1. The number of hydrogen-bond acceptors (Lipinski definition) is 4. The van der Waals surface area contributed by atoms with Gasteiger partial charge >= 0.3 is 5.97 Å². The van der Waals surface area contributed by atoms with Crippen LogP contribution in [0.4, 0.5) is 0 Å². The first-order valence-electron chi connectivity index (χ1n) is 7.32. The third-order valence-electron chi connectivity index (χ3n) is 3.26. The first-order valence-corrected chi connectivity index (χ1v) is 8.11. The van der Waals surface area contributed by atoms with Gasteiger partial charge in [0.05, 0.1) is 0 Å². The Balaban J connectivity index is 1.80. The van der Waals surface area contributed by atoms with Crippen LogP contribution in [-0.2, 0) is 4.79 Å². The number of pyridine rings is 1. The number of nitrogens with zero attached hydrogens (tertiary/aromatic N) is 2. The molecule has 0 saturated carbocycles. The highest BCUT2D eigenvalue weighted by Gasteiger charge is 2.17. The Labute approximate surface area is 152 Å². The van der Waals surface area contributed by atoms with Crippen LogP contribution >= 0.6 is 15.9 Å².